The number of hydrogen-bond donors (Lipinski definition) is 1. The fraction of sp³-hybridized carbons (Fsp3) is 0.526. The molecule has 0 aromatic carbocycles. The van der Waals surface area contributed by atoms with Gasteiger partial charge in [0.05, 0.1) is 11.7 Å². The molecule has 1 aliphatic carbocycles. The number of amides is 1. The van der Waals surface area contributed by atoms with Gasteiger partial charge in [-0.05, 0) is 37.7 Å². The SMILES string of the molecule is CCCCc1nnc(NC(=O)CCn2cnc3sc4c(c3c2=O)CCCC4)s1. The van der Waals surface area contributed by atoms with Gasteiger partial charge < -0.3 is 5.32 Å². The van der Waals surface area contributed by atoms with Crippen LogP contribution < -0.4 is 10.9 Å². The van der Waals surface area contributed by atoms with Crippen LogP contribution in [0.3, 0.4) is 0 Å². The number of unbranched alkanes of at least 4 members (excludes halogenated alkanes) is 1. The summed E-state index contributed by atoms with van der Waals surface area (Å²) < 4.78 is 1.55. The highest BCUT2D eigenvalue weighted by molar-refractivity contribution is 7.18. The minimum absolute atomic E-state index is 0.0324. The number of rotatable bonds is 7. The molecule has 0 atom stereocenters. The van der Waals surface area contributed by atoms with E-state index in [1.807, 2.05) is 0 Å². The van der Waals surface area contributed by atoms with Gasteiger partial charge >= 0.3 is 0 Å². The smallest absolute Gasteiger partial charge is 0.262 e. The number of fused-ring (bicyclic) bond motifs is 3. The molecule has 0 spiro atoms. The highest BCUT2D eigenvalue weighted by Crippen LogP contribution is 2.33. The molecule has 0 saturated heterocycles. The molecule has 7 nitrogen and oxygen atoms in total. The van der Waals surface area contributed by atoms with Gasteiger partial charge in [0.1, 0.15) is 9.84 Å². The third-order valence-corrected chi connectivity index (χ3v) is 7.08. The molecule has 148 valence electrons. The van der Waals surface area contributed by atoms with E-state index < -0.39 is 0 Å². The number of carbonyl (C=O) groups is 1. The van der Waals surface area contributed by atoms with E-state index in [9.17, 15) is 9.59 Å². The van der Waals surface area contributed by atoms with Gasteiger partial charge in [-0.15, -0.1) is 21.5 Å². The summed E-state index contributed by atoms with van der Waals surface area (Å²) in [6, 6.07) is 0. The average molecular weight is 418 g/mol. The summed E-state index contributed by atoms with van der Waals surface area (Å²) in [5.41, 5.74) is 1.14. The van der Waals surface area contributed by atoms with Gasteiger partial charge in [-0.2, -0.15) is 0 Å². The number of hydrogen-bond acceptors (Lipinski definition) is 7. The molecule has 1 aliphatic rings. The van der Waals surface area contributed by atoms with Crippen molar-refractivity contribution in [1.29, 1.82) is 0 Å². The molecule has 9 heteroatoms. The van der Waals surface area contributed by atoms with Crippen molar-refractivity contribution in [2.45, 2.75) is 64.8 Å². The van der Waals surface area contributed by atoms with Crippen molar-refractivity contribution in [2.24, 2.45) is 0 Å². The number of nitrogens with one attached hydrogen (secondary N) is 1. The summed E-state index contributed by atoms with van der Waals surface area (Å²) in [6.45, 7) is 2.43. The van der Waals surface area contributed by atoms with Crippen LogP contribution in [0.5, 0.6) is 0 Å². The maximum Gasteiger partial charge on any atom is 0.262 e. The van der Waals surface area contributed by atoms with Crippen LogP contribution in [0.1, 0.15) is 54.5 Å². The molecule has 1 N–H and O–H groups in total. The van der Waals surface area contributed by atoms with E-state index in [1.165, 1.54) is 28.2 Å². The summed E-state index contributed by atoms with van der Waals surface area (Å²) in [7, 11) is 0. The topological polar surface area (TPSA) is 89.8 Å². The molecular formula is C19H23N5O2S2. The predicted octanol–water partition coefficient (Wildman–Crippen LogP) is 3.56. The molecule has 3 aromatic rings. The van der Waals surface area contributed by atoms with E-state index in [1.54, 1.807) is 22.2 Å². The van der Waals surface area contributed by atoms with Crippen molar-refractivity contribution in [3.05, 3.63) is 32.1 Å². The molecule has 0 saturated carbocycles. The Kier molecular flexibility index (Phi) is 5.82. The standard InChI is InChI=1S/C19H23N5O2S2/c1-2-3-8-15-22-23-19(28-15)21-14(25)9-10-24-11-20-17-16(18(24)26)12-6-4-5-7-13(12)27-17/h11H,2-10H2,1H3,(H,21,23,25). The van der Waals surface area contributed by atoms with Gasteiger partial charge in [-0.1, -0.05) is 24.7 Å². The van der Waals surface area contributed by atoms with Crippen LogP contribution in [0.15, 0.2) is 11.1 Å². The Morgan fingerprint density at radius 1 is 1.25 bits per heavy atom. The predicted molar refractivity (Wildman–Crippen MR) is 112 cm³/mol. The second kappa shape index (κ2) is 8.48. The summed E-state index contributed by atoms with van der Waals surface area (Å²) in [5, 5.41) is 13.1. The second-order valence-electron chi connectivity index (χ2n) is 7.04. The Morgan fingerprint density at radius 3 is 2.96 bits per heavy atom. The first-order valence-corrected chi connectivity index (χ1v) is 11.4. The molecule has 3 aromatic heterocycles. The highest BCUT2D eigenvalue weighted by Gasteiger charge is 2.20. The Hall–Kier alpha value is -2.13. The Labute approximate surface area is 170 Å². The van der Waals surface area contributed by atoms with Gasteiger partial charge in [0.2, 0.25) is 11.0 Å². The van der Waals surface area contributed by atoms with E-state index in [0.29, 0.717) is 11.7 Å². The van der Waals surface area contributed by atoms with Crippen LogP contribution in [-0.2, 0) is 30.6 Å². The number of thiophene rings is 1. The van der Waals surface area contributed by atoms with Gasteiger partial charge in [0.25, 0.3) is 5.56 Å². The lowest BCUT2D eigenvalue weighted by atomic mass is 9.97. The van der Waals surface area contributed by atoms with Crippen LogP contribution in [0, 0.1) is 0 Å². The Balaban J connectivity index is 1.42. The van der Waals surface area contributed by atoms with Gasteiger partial charge in [0.15, 0.2) is 0 Å². The molecule has 0 unspecified atom stereocenters. The molecule has 0 radical (unpaired) electrons. The highest BCUT2D eigenvalue weighted by atomic mass is 32.1. The van der Waals surface area contributed by atoms with E-state index >= 15 is 0 Å². The summed E-state index contributed by atoms with van der Waals surface area (Å²) in [5.74, 6) is -0.169. The fourth-order valence-corrected chi connectivity index (χ4v) is 5.49. The first-order chi connectivity index (χ1) is 13.7. The minimum atomic E-state index is -0.169. The summed E-state index contributed by atoms with van der Waals surface area (Å²) in [4.78, 5) is 31.8. The van der Waals surface area contributed by atoms with Crippen molar-refractivity contribution in [1.82, 2.24) is 19.7 Å². The van der Waals surface area contributed by atoms with E-state index in [2.05, 4.69) is 27.4 Å². The largest absolute Gasteiger partial charge is 0.300 e. The Bertz CT molecular complexity index is 1050. The average Bonchev–Trinajstić information content (AvgIpc) is 3.30. The van der Waals surface area contributed by atoms with Crippen LogP contribution >= 0.6 is 22.7 Å². The van der Waals surface area contributed by atoms with E-state index in [0.717, 1.165) is 53.7 Å². The lowest BCUT2D eigenvalue weighted by molar-refractivity contribution is -0.116. The van der Waals surface area contributed by atoms with Crippen molar-refractivity contribution >= 4 is 43.9 Å². The molecule has 0 aliphatic heterocycles. The molecular weight excluding hydrogens is 394 g/mol. The number of anilines is 1. The minimum Gasteiger partial charge on any atom is -0.300 e. The molecule has 3 heterocycles. The van der Waals surface area contributed by atoms with Crippen LogP contribution in [0.2, 0.25) is 0 Å². The van der Waals surface area contributed by atoms with Gasteiger partial charge in [0, 0.05) is 24.3 Å². The second-order valence-corrected chi connectivity index (χ2v) is 9.18. The first kappa shape index (κ1) is 19.2. The first-order valence-electron chi connectivity index (χ1n) is 9.77. The molecule has 0 bridgehead atoms. The van der Waals surface area contributed by atoms with Gasteiger partial charge in [-0.3, -0.25) is 14.2 Å². The van der Waals surface area contributed by atoms with Crippen molar-refractivity contribution < 1.29 is 4.79 Å². The number of nitrogens with zero attached hydrogens (tertiary/aromatic N) is 4. The normalized spacial score (nSPS) is 13.6. The molecule has 4 rings (SSSR count). The summed E-state index contributed by atoms with van der Waals surface area (Å²) >= 11 is 3.05. The van der Waals surface area contributed by atoms with Crippen LogP contribution in [0.25, 0.3) is 10.2 Å². The summed E-state index contributed by atoms with van der Waals surface area (Å²) in [6.07, 6.45) is 9.11. The third kappa shape index (κ3) is 4.00. The fourth-order valence-electron chi connectivity index (χ4n) is 3.48. The van der Waals surface area contributed by atoms with Crippen molar-refractivity contribution in [3.8, 4) is 0 Å². The van der Waals surface area contributed by atoms with Gasteiger partial charge in [-0.25, -0.2) is 4.98 Å². The zero-order valence-corrected chi connectivity index (χ0v) is 17.5. The number of aryl methyl sites for hydroxylation is 4. The zero-order chi connectivity index (χ0) is 19.5. The van der Waals surface area contributed by atoms with Crippen LogP contribution in [-0.4, -0.2) is 25.7 Å². The lowest BCUT2D eigenvalue weighted by Crippen LogP contribution is -2.24. The number of carbonyl (C=O) groups excluding carboxylic acids is 1. The maximum atomic E-state index is 12.9. The van der Waals surface area contributed by atoms with Crippen molar-refractivity contribution in [2.75, 3.05) is 5.32 Å². The van der Waals surface area contributed by atoms with Crippen LogP contribution in [0.4, 0.5) is 5.13 Å². The van der Waals surface area contributed by atoms with Crippen molar-refractivity contribution in [3.63, 3.8) is 0 Å². The quantitative estimate of drug-likeness (QED) is 0.635. The molecule has 1 amide bonds. The molecule has 28 heavy (non-hydrogen) atoms. The van der Waals surface area contributed by atoms with E-state index in [4.69, 9.17) is 0 Å². The lowest BCUT2D eigenvalue weighted by Gasteiger charge is -2.10. The zero-order valence-electron chi connectivity index (χ0n) is 15.9. The molecule has 0 fully saturated rings. The monoisotopic (exact) mass is 417 g/mol. The Morgan fingerprint density at radius 2 is 2.11 bits per heavy atom. The third-order valence-electron chi connectivity index (χ3n) is 4.98. The van der Waals surface area contributed by atoms with E-state index in [-0.39, 0.29) is 17.9 Å². The number of aromatic nitrogens is 4. The maximum absolute atomic E-state index is 12.9.